The number of ether oxygens (including phenoxy) is 1. The van der Waals surface area contributed by atoms with E-state index in [1.54, 1.807) is 7.11 Å². The molecule has 6 nitrogen and oxygen atoms in total. The van der Waals surface area contributed by atoms with Gasteiger partial charge in [0.25, 0.3) is 5.88 Å². The Hall–Kier alpha value is -2.37. The molecule has 1 aromatic carbocycles. The summed E-state index contributed by atoms with van der Waals surface area (Å²) in [5.74, 6) is 1.47. The molecule has 0 spiro atoms. The maximum atomic E-state index is 12.9. The first kappa shape index (κ1) is 19.0. The molecule has 2 aliphatic rings. The van der Waals surface area contributed by atoms with Gasteiger partial charge in [0.05, 0.1) is 24.1 Å². The molecule has 1 aromatic heterocycles. The first-order chi connectivity index (χ1) is 13.7. The van der Waals surface area contributed by atoms with Gasteiger partial charge in [-0.25, -0.2) is 9.97 Å². The third-order valence-corrected chi connectivity index (χ3v) is 6.01. The van der Waals surface area contributed by atoms with Crippen molar-refractivity contribution in [2.75, 3.05) is 25.1 Å². The Morgan fingerprint density at radius 3 is 2.46 bits per heavy atom. The Kier molecular flexibility index (Phi) is 5.93. The molecule has 1 N–H and O–H groups in total. The van der Waals surface area contributed by atoms with Crippen molar-refractivity contribution in [2.24, 2.45) is 5.92 Å². The van der Waals surface area contributed by atoms with Gasteiger partial charge in [-0.3, -0.25) is 4.79 Å². The Bertz CT molecular complexity index is 817. The van der Waals surface area contributed by atoms with Gasteiger partial charge < -0.3 is 15.0 Å². The molecule has 1 aliphatic heterocycles. The summed E-state index contributed by atoms with van der Waals surface area (Å²) in [5.41, 5.74) is 1.67. The van der Waals surface area contributed by atoms with Gasteiger partial charge in [0.2, 0.25) is 5.91 Å². The quantitative estimate of drug-likeness (QED) is 0.817. The van der Waals surface area contributed by atoms with Crippen LogP contribution in [0.25, 0.3) is 11.0 Å². The summed E-state index contributed by atoms with van der Waals surface area (Å²) in [7, 11) is 1.63. The van der Waals surface area contributed by atoms with Crippen molar-refractivity contribution in [3.05, 3.63) is 24.3 Å². The van der Waals surface area contributed by atoms with Crippen molar-refractivity contribution in [1.82, 2.24) is 15.3 Å². The first-order valence-electron chi connectivity index (χ1n) is 10.6. The Morgan fingerprint density at radius 2 is 1.75 bits per heavy atom. The standard InChI is InChI=1S/C22H30N4O2/c1-28-22-20(24-18-12-6-7-13-19(18)25-22)26-14-8-9-16(15-26)21(27)23-17-10-4-2-3-5-11-17/h6-7,12-13,16-17H,2-5,8-11,14-15H2,1H3,(H,23,27). The van der Waals surface area contributed by atoms with Gasteiger partial charge >= 0.3 is 0 Å². The number of nitrogens with one attached hydrogen (secondary N) is 1. The van der Waals surface area contributed by atoms with E-state index in [4.69, 9.17) is 9.72 Å². The summed E-state index contributed by atoms with van der Waals surface area (Å²) >= 11 is 0. The zero-order valence-electron chi connectivity index (χ0n) is 16.7. The van der Waals surface area contributed by atoms with E-state index in [1.165, 1.54) is 25.7 Å². The normalized spacial score (nSPS) is 21.3. The lowest BCUT2D eigenvalue weighted by Crippen LogP contribution is -2.46. The van der Waals surface area contributed by atoms with Gasteiger partial charge in [-0.2, -0.15) is 0 Å². The number of benzene rings is 1. The molecule has 28 heavy (non-hydrogen) atoms. The zero-order chi connectivity index (χ0) is 19.3. The van der Waals surface area contributed by atoms with E-state index in [0.29, 0.717) is 18.5 Å². The van der Waals surface area contributed by atoms with Crippen LogP contribution < -0.4 is 15.0 Å². The van der Waals surface area contributed by atoms with E-state index in [9.17, 15) is 4.79 Å². The van der Waals surface area contributed by atoms with Gasteiger partial charge in [0.1, 0.15) is 0 Å². The number of rotatable bonds is 4. The van der Waals surface area contributed by atoms with Gasteiger partial charge in [-0.1, -0.05) is 37.8 Å². The van der Waals surface area contributed by atoms with E-state index < -0.39 is 0 Å². The van der Waals surface area contributed by atoms with E-state index in [2.05, 4.69) is 15.2 Å². The Morgan fingerprint density at radius 1 is 1.04 bits per heavy atom. The molecule has 1 atom stereocenters. The lowest BCUT2D eigenvalue weighted by Gasteiger charge is -2.34. The number of para-hydroxylation sites is 2. The largest absolute Gasteiger partial charge is 0.478 e. The molecule has 4 rings (SSSR count). The second-order valence-electron chi connectivity index (χ2n) is 8.03. The Balaban J connectivity index is 1.48. The lowest BCUT2D eigenvalue weighted by atomic mass is 9.96. The molecule has 0 bridgehead atoms. The molecule has 6 heteroatoms. The number of carbonyl (C=O) groups is 1. The highest BCUT2D eigenvalue weighted by Crippen LogP contribution is 2.30. The molecular formula is C22H30N4O2. The predicted octanol–water partition coefficient (Wildman–Crippen LogP) is 3.69. The molecule has 0 radical (unpaired) electrons. The van der Waals surface area contributed by atoms with Crippen LogP contribution in [0.4, 0.5) is 5.82 Å². The Labute approximate surface area is 166 Å². The number of hydrogen-bond acceptors (Lipinski definition) is 5. The fourth-order valence-corrected chi connectivity index (χ4v) is 4.44. The van der Waals surface area contributed by atoms with Crippen molar-refractivity contribution < 1.29 is 9.53 Å². The van der Waals surface area contributed by atoms with Gasteiger partial charge in [0.15, 0.2) is 5.82 Å². The highest BCUT2D eigenvalue weighted by atomic mass is 16.5. The summed E-state index contributed by atoms with van der Waals surface area (Å²) in [6.45, 7) is 1.54. The van der Waals surface area contributed by atoms with Crippen LogP contribution in [0.15, 0.2) is 24.3 Å². The minimum atomic E-state index is -0.00465. The molecule has 2 aromatic rings. The highest BCUT2D eigenvalue weighted by Gasteiger charge is 2.30. The van der Waals surface area contributed by atoms with Crippen molar-refractivity contribution >= 4 is 22.8 Å². The number of nitrogens with zero attached hydrogens (tertiary/aromatic N) is 3. The molecular weight excluding hydrogens is 352 g/mol. The first-order valence-corrected chi connectivity index (χ1v) is 10.6. The summed E-state index contributed by atoms with van der Waals surface area (Å²) in [6, 6.07) is 8.16. The van der Waals surface area contributed by atoms with Crippen LogP contribution in [0.1, 0.15) is 51.4 Å². The number of amides is 1. The van der Waals surface area contributed by atoms with Crippen molar-refractivity contribution in [3.63, 3.8) is 0 Å². The topological polar surface area (TPSA) is 67.4 Å². The summed E-state index contributed by atoms with van der Waals surface area (Å²) in [6.07, 6.45) is 9.18. The van der Waals surface area contributed by atoms with Crippen molar-refractivity contribution in [1.29, 1.82) is 0 Å². The summed E-state index contributed by atoms with van der Waals surface area (Å²) < 4.78 is 5.52. The molecule has 150 valence electrons. The third-order valence-electron chi connectivity index (χ3n) is 6.01. The minimum Gasteiger partial charge on any atom is -0.478 e. The minimum absolute atomic E-state index is 0.00465. The monoisotopic (exact) mass is 382 g/mol. The lowest BCUT2D eigenvalue weighted by molar-refractivity contribution is -0.126. The van der Waals surface area contributed by atoms with Crippen LogP contribution in [0, 0.1) is 5.92 Å². The molecule has 1 saturated heterocycles. The maximum Gasteiger partial charge on any atom is 0.257 e. The van der Waals surface area contributed by atoms with Crippen LogP contribution in [-0.2, 0) is 4.79 Å². The fraction of sp³-hybridized carbons (Fsp3) is 0.591. The van der Waals surface area contributed by atoms with Crippen molar-refractivity contribution in [2.45, 2.75) is 57.4 Å². The summed E-state index contributed by atoms with van der Waals surface area (Å²) in [5, 5.41) is 3.33. The second kappa shape index (κ2) is 8.76. The van der Waals surface area contributed by atoms with Crippen LogP contribution in [0.5, 0.6) is 5.88 Å². The van der Waals surface area contributed by atoms with Gasteiger partial charge in [-0.05, 0) is 37.8 Å². The number of methoxy groups -OCH3 is 1. The number of aromatic nitrogens is 2. The molecule has 1 aliphatic carbocycles. The van der Waals surface area contributed by atoms with Crippen LogP contribution in [0.2, 0.25) is 0 Å². The molecule has 2 heterocycles. The number of fused-ring (bicyclic) bond motifs is 1. The number of carbonyl (C=O) groups excluding carboxylic acids is 1. The van der Waals surface area contributed by atoms with Crippen LogP contribution in [0.3, 0.4) is 0 Å². The van der Waals surface area contributed by atoms with Gasteiger partial charge in [0, 0.05) is 19.1 Å². The average Bonchev–Trinajstić information content (AvgIpc) is 3.01. The SMILES string of the molecule is COc1nc2ccccc2nc1N1CCCC(C(=O)NC2CCCCCC2)C1. The van der Waals surface area contributed by atoms with E-state index in [0.717, 1.165) is 49.1 Å². The third kappa shape index (κ3) is 4.21. The van der Waals surface area contributed by atoms with Gasteiger partial charge in [-0.15, -0.1) is 0 Å². The van der Waals surface area contributed by atoms with E-state index >= 15 is 0 Å². The average molecular weight is 383 g/mol. The van der Waals surface area contributed by atoms with Crippen LogP contribution >= 0.6 is 0 Å². The fourth-order valence-electron chi connectivity index (χ4n) is 4.44. The molecule has 1 saturated carbocycles. The van der Waals surface area contributed by atoms with E-state index in [-0.39, 0.29) is 11.8 Å². The smallest absolute Gasteiger partial charge is 0.257 e. The number of piperidine rings is 1. The number of anilines is 1. The zero-order valence-corrected chi connectivity index (χ0v) is 16.7. The summed E-state index contributed by atoms with van der Waals surface area (Å²) in [4.78, 5) is 24.5. The second-order valence-corrected chi connectivity index (χ2v) is 8.03. The van der Waals surface area contributed by atoms with Crippen molar-refractivity contribution in [3.8, 4) is 5.88 Å². The highest BCUT2D eigenvalue weighted by molar-refractivity contribution is 5.81. The number of hydrogen-bond donors (Lipinski definition) is 1. The predicted molar refractivity (Wildman–Crippen MR) is 111 cm³/mol. The van der Waals surface area contributed by atoms with Crippen LogP contribution in [-0.4, -0.2) is 42.1 Å². The molecule has 1 unspecified atom stereocenters. The maximum absolute atomic E-state index is 12.9. The molecule has 2 fully saturated rings. The molecule has 1 amide bonds. The van der Waals surface area contributed by atoms with E-state index in [1.807, 2.05) is 24.3 Å².